The first-order valence-electron chi connectivity index (χ1n) is 8.09. The number of carbonyl (C=O) groups is 1. The van der Waals surface area contributed by atoms with Crippen molar-refractivity contribution < 1.29 is 24.0 Å². The first-order chi connectivity index (χ1) is 11.6. The minimum absolute atomic E-state index is 0.279. The van der Waals surface area contributed by atoms with Crippen molar-refractivity contribution in [2.24, 2.45) is 0 Å². The highest BCUT2D eigenvalue weighted by atomic mass is 16.5. The molecule has 0 unspecified atom stereocenters. The monoisotopic (exact) mass is 345 g/mol. The molecule has 0 aliphatic heterocycles. The van der Waals surface area contributed by atoms with E-state index in [2.05, 4.69) is 5.32 Å². The zero-order chi connectivity index (χ0) is 18.7. The van der Waals surface area contributed by atoms with E-state index < -0.39 is 18.3 Å². The van der Waals surface area contributed by atoms with Crippen molar-refractivity contribution in [3.63, 3.8) is 0 Å². The molecule has 0 fully saturated rings. The molecule has 3 N–H and O–H groups in total. The molecule has 6 nitrogen and oxygen atoms in total. The van der Waals surface area contributed by atoms with Gasteiger partial charge in [0.15, 0.2) is 0 Å². The molecule has 0 spiro atoms. The molecule has 0 saturated carbocycles. The van der Waals surface area contributed by atoms with Crippen LogP contribution in [-0.2, 0) is 11.2 Å². The number of amides is 1. The van der Waals surface area contributed by atoms with Crippen LogP contribution in [0.4, 0.5) is 0 Å². The molecule has 7 heteroatoms. The van der Waals surface area contributed by atoms with Crippen molar-refractivity contribution in [3.8, 4) is 0 Å². The largest absolute Gasteiger partial charge is 0.491 e. The lowest BCUT2D eigenvalue weighted by Crippen LogP contribution is -2.53. The van der Waals surface area contributed by atoms with Crippen molar-refractivity contribution in [2.75, 3.05) is 0 Å². The molecule has 2 rings (SSSR count). The molecule has 25 heavy (non-hydrogen) atoms. The van der Waals surface area contributed by atoms with Crippen molar-refractivity contribution >= 4 is 18.5 Å². The van der Waals surface area contributed by atoms with Crippen LogP contribution in [0.1, 0.15) is 43.8 Å². The lowest BCUT2D eigenvalue weighted by atomic mass is 9.76. The zero-order valence-corrected chi connectivity index (χ0v) is 14.9. The van der Waals surface area contributed by atoms with Crippen molar-refractivity contribution in [1.29, 1.82) is 0 Å². The summed E-state index contributed by atoms with van der Waals surface area (Å²) in [5.74, 6) is 0.368. The molecule has 0 atom stereocenters. The van der Waals surface area contributed by atoms with Crippen LogP contribution in [0.3, 0.4) is 0 Å². The minimum Gasteiger partial charge on any atom is -0.467 e. The Kier molecular flexibility index (Phi) is 5.72. The number of hydrogen-bond donors (Lipinski definition) is 3. The Labute approximate surface area is 148 Å². The lowest BCUT2D eigenvalue weighted by Gasteiger charge is -2.38. The Bertz CT molecular complexity index is 707. The molecule has 2 aromatic rings. The third kappa shape index (κ3) is 4.95. The predicted octanol–water partition coefficient (Wildman–Crippen LogP) is 1.46. The third-order valence-electron chi connectivity index (χ3n) is 4.32. The molecule has 1 aromatic carbocycles. The number of rotatable bonds is 7. The van der Waals surface area contributed by atoms with Gasteiger partial charge in [-0.2, -0.15) is 0 Å². The molecule has 0 saturated heterocycles. The topological polar surface area (TPSA) is 91.9 Å². The first-order valence-corrected chi connectivity index (χ1v) is 8.09. The van der Waals surface area contributed by atoms with Crippen molar-refractivity contribution in [1.82, 2.24) is 5.32 Å². The van der Waals surface area contributed by atoms with Crippen LogP contribution < -0.4 is 10.8 Å². The van der Waals surface area contributed by atoms with Gasteiger partial charge in [-0.15, -0.1) is 0 Å². The Morgan fingerprint density at radius 1 is 1.24 bits per heavy atom. The average molecular weight is 345 g/mol. The number of nitrogens with one attached hydrogen (secondary N) is 1. The fourth-order valence-corrected chi connectivity index (χ4v) is 2.01. The van der Waals surface area contributed by atoms with Gasteiger partial charge < -0.3 is 24.5 Å². The second kappa shape index (κ2) is 7.43. The van der Waals surface area contributed by atoms with E-state index in [1.165, 1.54) is 0 Å². The Hall–Kier alpha value is -2.09. The molecular weight excluding hydrogens is 321 g/mol. The molecule has 1 amide bonds. The molecule has 0 aliphatic rings. The molecular formula is C18H24BNO5. The maximum Gasteiger partial charge on any atom is 0.491 e. The number of furan rings is 1. The minimum atomic E-state index is -1.26. The van der Waals surface area contributed by atoms with Gasteiger partial charge in [0.2, 0.25) is 0 Å². The van der Waals surface area contributed by atoms with Gasteiger partial charge in [-0.25, -0.2) is 0 Å². The summed E-state index contributed by atoms with van der Waals surface area (Å²) >= 11 is 0. The van der Waals surface area contributed by atoms with Gasteiger partial charge in [0, 0.05) is 5.56 Å². The van der Waals surface area contributed by atoms with Crippen molar-refractivity contribution in [3.05, 3.63) is 54.0 Å². The number of aliphatic hydroxyl groups is 1. The Balaban J connectivity index is 2.06. The van der Waals surface area contributed by atoms with Crippen LogP contribution in [-0.4, -0.2) is 34.4 Å². The van der Waals surface area contributed by atoms with Gasteiger partial charge in [0.05, 0.1) is 24.0 Å². The second-order valence-corrected chi connectivity index (χ2v) is 6.93. The SMILES string of the molecule is CC(C)(O)C(C)(C)OB(O)c1cccc(C(=O)NCc2ccco2)c1. The summed E-state index contributed by atoms with van der Waals surface area (Å²) in [4.78, 5) is 12.2. The van der Waals surface area contributed by atoms with Gasteiger partial charge in [0.25, 0.3) is 5.91 Å². The predicted molar refractivity (Wildman–Crippen MR) is 95.4 cm³/mol. The van der Waals surface area contributed by atoms with E-state index in [1.54, 1.807) is 70.4 Å². The highest BCUT2D eigenvalue weighted by Crippen LogP contribution is 2.25. The molecule has 1 aromatic heterocycles. The summed E-state index contributed by atoms with van der Waals surface area (Å²) in [7, 11) is -1.26. The highest BCUT2D eigenvalue weighted by molar-refractivity contribution is 6.60. The summed E-state index contributed by atoms with van der Waals surface area (Å²) in [5.41, 5.74) is -1.30. The summed E-state index contributed by atoms with van der Waals surface area (Å²) < 4.78 is 10.8. The molecule has 134 valence electrons. The van der Waals surface area contributed by atoms with Crippen LogP contribution >= 0.6 is 0 Å². The van der Waals surface area contributed by atoms with Crippen LogP contribution in [0, 0.1) is 0 Å². The summed E-state index contributed by atoms with van der Waals surface area (Å²) in [6.07, 6.45) is 1.54. The van der Waals surface area contributed by atoms with E-state index >= 15 is 0 Å². The van der Waals surface area contributed by atoms with Crippen LogP contribution in [0.2, 0.25) is 0 Å². The fraction of sp³-hybridized carbons (Fsp3) is 0.389. The van der Waals surface area contributed by atoms with E-state index in [-0.39, 0.29) is 12.5 Å². The molecule has 0 bridgehead atoms. The smallest absolute Gasteiger partial charge is 0.467 e. The lowest BCUT2D eigenvalue weighted by molar-refractivity contribution is -0.0982. The quantitative estimate of drug-likeness (QED) is 0.661. The summed E-state index contributed by atoms with van der Waals surface area (Å²) in [6, 6.07) is 10.1. The van der Waals surface area contributed by atoms with Crippen LogP contribution in [0.25, 0.3) is 0 Å². The number of carbonyl (C=O) groups excluding carboxylic acids is 1. The molecule has 0 radical (unpaired) electrons. The van der Waals surface area contributed by atoms with Gasteiger partial charge in [0.1, 0.15) is 5.76 Å². The summed E-state index contributed by atoms with van der Waals surface area (Å²) in [5, 5.41) is 23.2. The van der Waals surface area contributed by atoms with Gasteiger partial charge in [-0.1, -0.05) is 12.1 Å². The van der Waals surface area contributed by atoms with Gasteiger partial charge in [-0.3, -0.25) is 4.79 Å². The number of benzene rings is 1. The maximum absolute atomic E-state index is 12.2. The Morgan fingerprint density at radius 2 is 1.96 bits per heavy atom. The fourth-order valence-electron chi connectivity index (χ4n) is 2.01. The van der Waals surface area contributed by atoms with Gasteiger partial charge >= 0.3 is 7.12 Å². The van der Waals surface area contributed by atoms with E-state index in [0.29, 0.717) is 16.8 Å². The summed E-state index contributed by atoms with van der Waals surface area (Å²) in [6.45, 7) is 6.88. The van der Waals surface area contributed by atoms with E-state index in [4.69, 9.17) is 9.07 Å². The normalized spacial score (nSPS) is 12.1. The van der Waals surface area contributed by atoms with Gasteiger partial charge in [-0.05, 0) is 57.4 Å². The van der Waals surface area contributed by atoms with Crippen molar-refractivity contribution in [2.45, 2.75) is 45.4 Å². The molecule has 1 heterocycles. The first kappa shape index (κ1) is 19.2. The zero-order valence-electron chi connectivity index (χ0n) is 14.9. The van der Waals surface area contributed by atoms with E-state index in [0.717, 1.165) is 0 Å². The van der Waals surface area contributed by atoms with Crippen LogP contribution in [0.5, 0.6) is 0 Å². The van der Waals surface area contributed by atoms with Crippen LogP contribution in [0.15, 0.2) is 47.1 Å². The second-order valence-electron chi connectivity index (χ2n) is 6.93. The van der Waals surface area contributed by atoms with E-state index in [1.807, 2.05) is 0 Å². The average Bonchev–Trinajstić information content (AvgIpc) is 3.04. The highest BCUT2D eigenvalue weighted by Gasteiger charge is 2.39. The van der Waals surface area contributed by atoms with E-state index in [9.17, 15) is 14.9 Å². The molecule has 0 aliphatic carbocycles. The number of hydrogen-bond acceptors (Lipinski definition) is 5. The standard InChI is InChI=1S/C18H24BNO5/c1-17(2,22)18(3,4)25-19(23)14-8-5-7-13(11-14)16(21)20-12-15-9-6-10-24-15/h5-11,22-23H,12H2,1-4H3,(H,20,21). The maximum atomic E-state index is 12.2. The Morgan fingerprint density at radius 3 is 2.56 bits per heavy atom. The third-order valence-corrected chi connectivity index (χ3v) is 4.32.